The van der Waals surface area contributed by atoms with Gasteiger partial charge in [0.15, 0.2) is 0 Å². The fraction of sp³-hybridized carbons (Fsp3) is 0.226. The third kappa shape index (κ3) is 17.1. The van der Waals surface area contributed by atoms with Gasteiger partial charge in [0.2, 0.25) is 0 Å². The average molecular weight is 960 g/mol. The lowest BCUT2D eigenvalue weighted by atomic mass is 10.0. The number of nitrogens with zero attached hydrogens (tertiary/aromatic N) is 1. The summed E-state index contributed by atoms with van der Waals surface area (Å²) < 4.78 is 13.3. The molecule has 0 saturated carbocycles. The topological polar surface area (TPSA) is 41.5 Å². The molecule has 5 heteroatoms. The van der Waals surface area contributed by atoms with Crippen LogP contribution in [0.2, 0.25) is 0 Å². The second-order valence-corrected chi connectivity index (χ2v) is 15.2. The van der Waals surface area contributed by atoms with E-state index < -0.39 is 0 Å². The number of nitrogens with one attached hydrogen (secondary N) is 1. The van der Waals surface area contributed by atoms with Crippen LogP contribution in [0, 0.1) is 13.8 Å². The van der Waals surface area contributed by atoms with Crippen molar-refractivity contribution in [3.8, 4) is 22.3 Å². The van der Waals surface area contributed by atoms with E-state index in [1.54, 1.807) is 0 Å². The number of hydrogen-bond donors (Lipinski definition) is 1. The van der Waals surface area contributed by atoms with Gasteiger partial charge >= 0.3 is 0 Å². The molecule has 0 aliphatic rings. The highest BCUT2D eigenvalue weighted by molar-refractivity contribution is 9.10. The highest BCUT2D eigenvalue weighted by Gasteiger charge is 2.12. The lowest BCUT2D eigenvalue weighted by Crippen LogP contribution is -2.07. The molecule has 4 nitrogen and oxygen atoms in total. The number of hydrogen-bond acceptors (Lipinski definition) is 4. The smallest absolute Gasteiger partial charge is 0.143 e. The van der Waals surface area contributed by atoms with E-state index in [1.807, 2.05) is 156 Å². The van der Waals surface area contributed by atoms with Gasteiger partial charge in [0, 0.05) is 56.9 Å². The minimum Gasteiger partial charge on any atom is -0.455 e. The molecule has 0 aliphatic heterocycles. The van der Waals surface area contributed by atoms with Crippen LogP contribution in [0.15, 0.2) is 207 Å². The molecular formula is C62H75BrN2O2. The third-order valence-corrected chi connectivity index (χ3v) is 10.0. The van der Waals surface area contributed by atoms with Crippen LogP contribution in [0.4, 0.5) is 5.69 Å². The number of rotatable bonds is 3. The zero-order chi connectivity index (χ0) is 49.6. The van der Waals surface area contributed by atoms with Crippen LogP contribution in [-0.2, 0) is 0 Å². The number of furan rings is 2. The summed E-state index contributed by atoms with van der Waals surface area (Å²) in [6.07, 6.45) is 0. The van der Waals surface area contributed by atoms with Crippen LogP contribution in [-0.4, -0.2) is 28.2 Å². The van der Waals surface area contributed by atoms with Crippen LogP contribution in [0.3, 0.4) is 0 Å². The van der Waals surface area contributed by atoms with Gasteiger partial charge in [-0.1, -0.05) is 240 Å². The molecular weight excluding hydrogens is 885 g/mol. The first kappa shape index (κ1) is 56.7. The molecule has 0 fully saturated rings. The molecule has 0 radical (unpaired) electrons. The summed E-state index contributed by atoms with van der Waals surface area (Å²) in [4.78, 5) is 2.08. The van der Waals surface area contributed by atoms with E-state index in [2.05, 4.69) is 161 Å². The molecule has 2 aromatic heterocycles. The lowest BCUT2D eigenvalue weighted by Gasteiger charge is -2.10. The number of benzene rings is 8. The van der Waals surface area contributed by atoms with Gasteiger partial charge in [-0.3, -0.25) is 0 Å². The fourth-order valence-corrected chi connectivity index (χ4v) is 7.02. The van der Waals surface area contributed by atoms with Gasteiger partial charge in [-0.15, -0.1) is 0 Å². The quantitative estimate of drug-likeness (QED) is 0.192. The summed E-state index contributed by atoms with van der Waals surface area (Å²) in [7, 11) is 7.82. The SMILES string of the molecule is Brc1ccccc1.CC.CC.CC.CC.CN(C)c1ccccc1.CNC.Cc1cccc(-c2cccc3c2oc2ccccc23)c1.Cc1cccc(-c2cccc3c2oc2ccccc23)c1. The maximum atomic E-state index is 6.08. The van der Waals surface area contributed by atoms with Crippen molar-refractivity contribution >= 4 is 65.5 Å². The van der Waals surface area contributed by atoms with Crippen molar-refractivity contribution < 1.29 is 8.83 Å². The Kier molecular flexibility index (Phi) is 27.3. The van der Waals surface area contributed by atoms with Crippen molar-refractivity contribution in [2.24, 2.45) is 0 Å². The van der Waals surface area contributed by atoms with E-state index in [4.69, 9.17) is 8.83 Å². The Morgan fingerprint density at radius 2 is 0.716 bits per heavy atom. The zero-order valence-corrected chi connectivity index (χ0v) is 44.2. The first-order chi connectivity index (χ1) is 32.8. The first-order valence-corrected chi connectivity index (χ1v) is 24.5. The molecule has 0 saturated heterocycles. The number of halogens is 1. The van der Waals surface area contributed by atoms with Gasteiger partial charge in [0.05, 0.1) is 0 Å². The second kappa shape index (κ2) is 32.3. The van der Waals surface area contributed by atoms with Crippen LogP contribution >= 0.6 is 15.9 Å². The highest BCUT2D eigenvalue weighted by atomic mass is 79.9. The Morgan fingerprint density at radius 3 is 1.04 bits per heavy atom. The standard InChI is InChI=1S/2C19H14O.C8H11N.C6H5Br.C2H7N.4C2H6/c2*1-13-6-4-7-14(12-13)15-9-5-10-17-16-8-2-3-11-18(16)20-19(15)17;1-9(2)8-6-4-3-5-7-8;7-6-4-2-1-3-5-6;1-3-2;4*1-2/h2*2-12H,1H3;3-7H,1-2H3;1-5H;3H,1-2H3;4*1-2H3. The van der Waals surface area contributed by atoms with E-state index in [-0.39, 0.29) is 0 Å². The predicted molar refractivity (Wildman–Crippen MR) is 303 cm³/mol. The Bertz CT molecular complexity index is 2690. The van der Waals surface area contributed by atoms with Crippen LogP contribution in [0.25, 0.3) is 66.1 Å². The molecule has 0 bridgehead atoms. The van der Waals surface area contributed by atoms with Crippen molar-refractivity contribution in [2.75, 3.05) is 33.1 Å². The molecule has 0 spiro atoms. The van der Waals surface area contributed by atoms with Crippen molar-refractivity contribution in [1.29, 1.82) is 0 Å². The minimum absolute atomic E-state index is 0.947. The molecule has 2 heterocycles. The molecule has 10 rings (SSSR count). The summed E-state index contributed by atoms with van der Waals surface area (Å²) in [6.45, 7) is 20.2. The summed E-state index contributed by atoms with van der Waals surface area (Å²) in [5.41, 5.74) is 12.3. The highest BCUT2D eigenvalue weighted by Crippen LogP contribution is 2.37. The Balaban J connectivity index is 0.000000304. The van der Waals surface area contributed by atoms with E-state index in [0.717, 1.165) is 37.9 Å². The first-order valence-electron chi connectivity index (χ1n) is 23.7. The van der Waals surface area contributed by atoms with E-state index >= 15 is 0 Å². The molecule has 0 amide bonds. The van der Waals surface area contributed by atoms with E-state index in [0.29, 0.717) is 0 Å². The molecule has 10 aromatic rings. The Morgan fingerprint density at radius 1 is 0.388 bits per heavy atom. The minimum atomic E-state index is 0.947. The monoisotopic (exact) mass is 959 g/mol. The van der Waals surface area contributed by atoms with Crippen LogP contribution in [0.1, 0.15) is 66.5 Å². The lowest BCUT2D eigenvalue weighted by molar-refractivity contribution is 0.669. The van der Waals surface area contributed by atoms with Gasteiger partial charge in [0.1, 0.15) is 22.3 Å². The van der Waals surface area contributed by atoms with Gasteiger partial charge in [0.25, 0.3) is 0 Å². The number of para-hydroxylation sites is 5. The van der Waals surface area contributed by atoms with Gasteiger partial charge < -0.3 is 19.1 Å². The van der Waals surface area contributed by atoms with Crippen molar-refractivity contribution in [2.45, 2.75) is 69.2 Å². The van der Waals surface area contributed by atoms with E-state index in [1.165, 1.54) is 49.5 Å². The summed E-state index contributed by atoms with van der Waals surface area (Å²) in [5.74, 6) is 0. The molecule has 1 N–H and O–H groups in total. The van der Waals surface area contributed by atoms with Crippen LogP contribution in [0.5, 0.6) is 0 Å². The summed E-state index contributed by atoms with van der Waals surface area (Å²) in [5, 5.41) is 7.47. The maximum Gasteiger partial charge on any atom is 0.143 e. The van der Waals surface area contributed by atoms with Gasteiger partial charge in [-0.2, -0.15) is 0 Å². The van der Waals surface area contributed by atoms with Gasteiger partial charge in [-0.25, -0.2) is 0 Å². The zero-order valence-electron chi connectivity index (χ0n) is 42.6. The molecule has 0 aliphatic carbocycles. The fourth-order valence-electron chi connectivity index (χ4n) is 6.71. The number of fused-ring (bicyclic) bond motifs is 6. The van der Waals surface area contributed by atoms with Crippen LogP contribution < -0.4 is 10.2 Å². The molecule has 352 valence electrons. The van der Waals surface area contributed by atoms with E-state index in [9.17, 15) is 0 Å². The summed E-state index contributed by atoms with van der Waals surface area (Å²) in [6, 6.07) is 66.4. The largest absolute Gasteiger partial charge is 0.455 e. The normalized spacial score (nSPS) is 9.48. The average Bonchev–Trinajstić information content (AvgIpc) is 3.97. The van der Waals surface area contributed by atoms with Crippen molar-refractivity contribution in [3.05, 3.63) is 210 Å². The third-order valence-electron chi connectivity index (χ3n) is 9.47. The Hall–Kier alpha value is -6.40. The van der Waals surface area contributed by atoms with Crippen molar-refractivity contribution in [3.63, 3.8) is 0 Å². The van der Waals surface area contributed by atoms with Gasteiger partial charge in [-0.05, 0) is 75.5 Å². The molecule has 0 unspecified atom stereocenters. The summed E-state index contributed by atoms with van der Waals surface area (Å²) >= 11 is 3.31. The Labute approximate surface area is 411 Å². The molecule has 0 atom stereocenters. The second-order valence-electron chi connectivity index (χ2n) is 14.3. The molecule has 8 aromatic carbocycles. The predicted octanol–water partition coefficient (Wildman–Crippen LogP) is 19.3. The number of anilines is 1. The number of aryl methyl sites for hydroxylation is 2. The molecule has 67 heavy (non-hydrogen) atoms. The maximum absolute atomic E-state index is 6.08. The van der Waals surface area contributed by atoms with Crippen molar-refractivity contribution in [1.82, 2.24) is 5.32 Å².